The van der Waals surface area contributed by atoms with E-state index in [0.717, 1.165) is 22.0 Å². The Balaban J connectivity index is 1.52. The number of nitrogens with two attached hydrogens (primary N) is 1. The number of carbonyl (C=O) groups excluding carboxylic acids is 1. The van der Waals surface area contributed by atoms with E-state index >= 15 is 0 Å². The van der Waals surface area contributed by atoms with Gasteiger partial charge in [-0.15, -0.1) is 0 Å². The van der Waals surface area contributed by atoms with Crippen LogP contribution in [0.25, 0.3) is 10.9 Å². The topological polar surface area (TPSA) is 81.3 Å². The molecular weight excluding hydrogens is 431 g/mol. The van der Waals surface area contributed by atoms with E-state index in [1.807, 2.05) is 18.2 Å². The lowest BCUT2D eigenvalue weighted by Crippen LogP contribution is -2.25. The van der Waals surface area contributed by atoms with Gasteiger partial charge in [-0.05, 0) is 59.7 Å². The molecule has 1 amide bonds. The molecule has 2 N–H and O–H groups in total. The van der Waals surface area contributed by atoms with Crippen molar-refractivity contribution in [2.45, 2.75) is 19.1 Å². The van der Waals surface area contributed by atoms with Gasteiger partial charge in [0.15, 0.2) is 0 Å². The molecule has 6 nitrogen and oxygen atoms in total. The SMILES string of the molecule is NC(=O)CC(c1ccc2ncncc2c1)N(Cl)c1ccc(OCc2cccc(F)c2)cc1. The third kappa shape index (κ3) is 5.12. The van der Waals surface area contributed by atoms with E-state index in [9.17, 15) is 9.18 Å². The molecule has 0 aliphatic heterocycles. The first kappa shape index (κ1) is 21.5. The van der Waals surface area contributed by atoms with Gasteiger partial charge in [0.05, 0.1) is 23.7 Å². The minimum Gasteiger partial charge on any atom is -0.489 e. The molecule has 32 heavy (non-hydrogen) atoms. The first-order chi connectivity index (χ1) is 15.5. The molecule has 1 atom stereocenters. The van der Waals surface area contributed by atoms with E-state index in [0.29, 0.717) is 11.4 Å². The minimum atomic E-state index is -0.488. The lowest BCUT2D eigenvalue weighted by molar-refractivity contribution is -0.118. The van der Waals surface area contributed by atoms with Crippen LogP contribution >= 0.6 is 11.8 Å². The van der Waals surface area contributed by atoms with Gasteiger partial charge < -0.3 is 10.5 Å². The first-order valence-corrected chi connectivity index (χ1v) is 10.2. The van der Waals surface area contributed by atoms with Gasteiger partial charge in [0.1, 0.15) is 24.5 Å². The normalized spacial score (nSPS) is 11.8. The Kier molecular flexibility index (Phi) is 6.47. The van der Waals surface area contributed by atoms with Crippen LogP contribution in [0.2, 0.25) is 0 Å². The third-order valence-electron chi connectivity index (χ3n) is 4.96. The van der Waals surface area contributed by atoms with E-state index in [2.05, 4.69) is 9.97 Å². The Morgan fingerprint density at radius 2 is 1.94 bits per heavy atom. The van der Waals surface area contributed by atoms with Crippen molar-refractivity contribution in [1.82, 2.24) is 9.97 Å². The van der Waals surface area contributed by atoms with E-state index < -0.39 is 11.9 Å². The molecule has 0 aliphatic carbocycles. The predicted octanol–water partition coefficient (Wildman–Crippen LogP) is 4.92. The largest absolute Gasteiger partial charge is 0.489 e. The van der Waals surface area contributed by atoms with Crippen molar-refractivity contribution in [2.24, 2.45) is 5.73 Å². The zero-order chi connectivity index (χ0) is 22.5. The number of nitrogens with zero attached hydrogens (tertiary/aromatic N) is 3. The third-order valence-corrected chi connectivity index (χ3v) is 5.39. The van der Waals surface area contributed by atoms with Gasteiger partial charge in [-0.25, -0.2) is 14.4 Å². The Bertz CT molecular complexity index is 1240. The van der Waals surface area contributed by atoms with Crippen LogP contribution in [0.4, 0.5) is 10.1 Å². The lowest BCUT2D eigenvalue weighted by Gasteiger charge is -2.27. The molecule has 1 heterocycles. The Morgan fingerprint density at radius 1 is 1.12 bits per heavy atom. The number of benzene rings is 3. The number of hydrogen-bond acceptors (Lipinski definition) is 5. The monoisotopic (exact) mass is 450 g/mol. The van der Waals surface area contributed by atoms with Crippen LogP contribution in [0.5, 0.6) is 5.75 Å². The Morgan fingerprint density at radius 3 is 2.69 bits per heavy atom. The molecule has 0 saturated carbocycles. The van der Waals surface area contributed by atoms with Crippen LogP contribution in [0.1, 0.15) is 23.6 Å². The van der Waals surface area contributed by atoms with Crippen molar-refractivity contribution in [1.29, 1.82) is 0 Å². The maximum Gasteiger partial charge on any atom is 0.219 e. The van der Waals surface area contributed by atoms with Crippen molar-refractivity contribution in [3.63, 3.8) is 0 Å². The summed E-state index contributed by atoms with van der Waals surface area (Å²) >= 11 is 6.66. The highest BCUT2D eigenvalue weighted by molar-refractivity contribution is 6.26. The molecule has 0 fully saturated rings. The average Bonchev–Trinajstić information content (AvgIpc) is 2.81. The summed E-state index contributed by atoms with van der Waals surface area (Å²) in [5.74, 6) is -0.169. The van der Waals surface area contributed by atoms with Crippen molar-refractivity contribution in [3.8, 4) is 5.75 Å². The van der Waals surface area contributed by atoms with E-state index in [4.69, 9.17) is 22.2 Å². The van der Waals surface area contributed by atoms with Crippen molar-refractivity contribution < 1.29 is 13.9 Å². The first-order valence-electron chi connectivity index (χ1n) is 9.90. The molecule has 0 aliphatic rings. The summed E-state index contributed by atoms with van der Waals surface area (Å²) in [6.07, 6.45) is 3.21. The second-order valence-electron chi connectivity index (χ2n) is 7.25. The number of hydrogen-bond donors (Lipinski definition) is 1. The van der Waals surface area contributed by atoms with Crippen LogP contribution < -0.4 is 14.9 Å². The summed E-state index contributed by atoms with van der Waals surface area (Å²) in [4.78, 5) is 20.0. The lowest BCUT2D eigenvalue weighted by atomic mass is 10.0. The summed E-state index contributed by atoms with van der Waals surface area (Å²) in [7, 11) is 0. The molecule has 1 aromatic heterocycles. The highest BCUT2D eigenvalue weighted by Gasteiger charge is 2.22. The van der Waals surface area contributed by atoms with Gasteiger partial charge in [0.25, 0.3) is 0 Å². The van der Waals surface area contributed by atoms with Gasteiger partial charge >= 0.3 is 0 Å². The molecule has 8 heteroatoms. The molecule has 162 valence electrons. The summed E-state index contributed by atoms with van der Waals surface area (Å²) in [6, 6.07) is 18.5. The van der Waals surface area contributed by atoms with Crippen molar-refractivity contribution in [2.75, 3.05) is 4.42 Å². The van der Waals surface area contributed by atoms with Crippen LogP contribution in [0, 0.1) is 5.82 Å². The number of ether oxygens (including phenoxy) is 1. The standard InChI is InChI=1S/C24H20ClFN4O2/c25-30(20-5-7-21(8-6-20)32-14-16-2-1-3-19(26)10-16)23(12-24(27)31)17-4-9-22-18(11-17)13-28-15-29-22/h1-11,13,15,23H,12,14H2,(H2,27,31). The molecule has 4 aromatic rings. The fourth-order valence-corrected chi connectivity index (χ4v) is 3.68. The number of anilines is 1. The van der Waals surface area contributed by atoms with Gasteiger partial charge in [-0.3, -0.25) is 9.21 Å². The average molecular weight is 451 g/mol. The quantitative estimate of drug-likeness (QED) is 0.385. The fraction of sp³-hybridized carbons (Fsp3) is 0.125. The van der Waals surface area contributed by atoms with Crippen molar-refractivity contribution >= 4 is 34.3 Å². The number of amides is 1. The molecule has 0 bridgehead atoms. The van der Waals surface area contributed by atoms with Crippen LogP contribution in [-0.4, -0.2) is 15.9 Å². The van der Waals surface area contributed by atoms with Crippen LogP contribution in [-0.2, 0) is 11.4 Å². The number of halogens is 2. The van der Waals surface area contributed by atoms with Crippen LogP contribution in [0.15, 0.2) is 79.3 Å². The van der Waals surface area contributed by atoms with E-state index in [1.54, 1.807) is 42.6 Å². The zero-order valence-electron chi connectivity index (χ0n) is 17.0. The van der Waals surface area contributed by atoms with Crippen molar-refractivity contribution in [3.05, 3.63) is 96.2 Å². The number of fused-ring (bicyclic) bond motifs is 1. The minimum absolute atomic E-state index is 0.0283. The molecular formula is C24H20ClFN4O2. The molecule has 1 unspecified atom stereocenters. The summed E-state index contributed by atoms with van der Waals surface area (Å²) in [5, 5.41) is 0.839. The Hall–Kier alpha value is -3.71. The maximum atomic E-state index is 13.3. The van der Waals surface area contributed by atoms with Crippen LogP contribution in [0.3, 0.4) is 0 Å². The number of aromatic nitrogens is 2. The second kappa shape index (κ2) is 9.62. The summed E-state index contributed by atoms with van der Waals surface area (Å²) in [5.41, 5.74) is 8.50. The van der Waals surface area contributed by atoms with E-state index in [1.165, 1.54) is 22.9 Å². The van der Waals surface area contributed by atoms with Gasteiger partial charge in [0.2, 0.25) is 5.91 Å². The highest BCUT2D eigenvalue weighted by Crippen LogP contribution is 2.34. The van der Waals surface area contributed by atoms with Gasteiger partial charge in [-0.2, -0.15) is 0 Å². The number of primary amides is 1. The second-order valence-corrected chi connectivity index (χ2v) is 7.62. The number of carbonyl (C=O) groups is 1. The molecule has 0 radical (unpaired) electrons. The fourth-order valence-electron chi connectivity index (χ4n) is 3.39. The van der Waals surface area contributed by atoms with Gasteiger partial charge in [-0.1, -0.05) is 18.2 Å². The van der Waals surface area contributed by atoms with Gasteiger partial charge in [0, 0.05) is 23.4 Å². The highest BCUT2D eigenvalue weighted by atomic mass is 35.5. The zero-order valence-corrected chi connectivity index (χ0v) is 17.7. The summed E-state index contributed by atoms with van der Waals surface area (Å²) in [6.45, 7) is 0.241. The molecule has 3 aromatic carbocycles. The maximum absolute atomic E-state index is 13.3. The van der Waals surface area contributed by atoms with E-state index in [-0.39, 0.29) is 18.8 Å². The summed E-state index contributed by atoms with van der Waals surface area (Å²) < 4.78 is 20.5. The Labute approximate surface area is 189 Å². The molecule has 0 saturated heterocycles. The number of rotatable bonds is 8. The predicted molar refractivity (Wildman–Crippen MR) is 122 cm³/mol. The smallest absolute Gasteiger partial charge is 0.219 e. The molecule has 4 rings (SSSR count). The molecule has 0 spiro atoms.